The average molecular weight is 265 g/mol. The van der Waals surface area contributed by atoms with Crippen molar-refractivity contribution < 1.29 is 4.79 Å². The fourth-order valence-corrected chi connectivity index (χ4v) is 3.07. The van der Waals surface area contributed by atoms with E-state index in [-0.39, 0.29) is 0 Å². The summed E-state index contributed by atoms with van der Waals surface area (Å²) in [6, 6.07) is 19.3. The van der Waals surface area contributed by atoms with E-state index in [0.717, 1.165) is 32.3 Å². The Morgan fingerprint density at radius 1 is 0.950 bits per heavy atom. The molecule has 1 unspecified atom stereocenters. The van der Waals surface area contributed by atoms with Crippen molar-refractivity contribution >= 4 is 6.41 Å². The van der Waals surface area contributed by atoms with Gasteiger partial charge in [0.25, 0.3) is 0 Å². The molecule has 1 heterocycles. The number of carbonyl (C=O) groups excluding carboxylic acids is 1. The van der Waals surface area contributed by atoms with Gasteiger partial charge in [-0.3, -0.25) is 4.79 Å². The van der Waals surface area contributed by atoms with Crippen molar-refractivity contribution in [3.63, 3.8) is 0 Å². The Kier molecular flexibility index (Phi) is 3.82. The monoisotopic (exact) mass is 265 g/mol. The van der Waals surface area contributed by atoms with Gasteiger partial charge in [0.2, 0.25) is 6.41 Å². The summed E-state index contributed by atoms with van der Waals surface area (Å²) in [7, 11) is 0. The van der Waals surface area contributed by atoms with E-state index in [2.05, 4.69) is 54.6 Å². The molecule has 0 aromatic heterocycles. The molecule has 1 aliphatic rings. The molecule has 0 N–H and O–H groups in total. The van der Waals surface area contributed by atoms with Crippen LogP contribution in [0.5, 0.6) is 0 Å². The highest BCUT2D eigenvalue weighted by Crippen LogP contribution is 2.32. The van der Waals surface area contributed by atoms with Crippen molar-refractivity contribution in [3.8, 4) is 0 Å². The Hall–Kier alpha value is -2.09. The first-order valence-electron chi connectivity index (χ1n) is 7.20. The van der Waals surface area contributed by atoms with Gasteiger partial charge in [-0.15, -0.1) is 0 Å². The van der Waals surface area contributed by atoms with Crippen molar-refractivity contribution in [2.24, 2.45) is 0 Å². The lowest BCUT2D eigenvalue weighted by Crippen LogP contribution is -2.29. The highest BCUT2D eigenvalue weighted by Gasteiger charge is 2.20. The number of benzene rings is 2. The van der Waals surface area contributed by atoms with Crippen LogP contribution in [0.1, 0.15) is 29.0 Å². The summed E-state index contributed by atoms with van der Waals surface area (Å²) < 4.78 is 0. The SMILES string of the molecule is O=CN1CCc2ccccc2C(c2ccccc2)CC1. The molecule has 0 saturated heterocycles. The van der Waals surface area contributed by atoms with E-state index in [9.17, 15) is 4.79 Å². The van der Waals surface area contributed by atoms with Crippen LogP contribution >= 0.6 is 0 Å². The van der Waals surface area contributed by atoms with Gasteiger partial charge >= 0.3 is 0 Å². The van der Waals surface area contributed by atoms with E-state index in [4.69, 9.17) is 0 Å². The molecule has 102 valence electrons. The molecular weight excluding hydrogens is 246 g/mol. The number of hydrogen-bond donors (Lipinski definition) is 0. The van der Waals surface area contributed by atoms with Gasteiger partial charge in [-0.25, -0.2) is 0 Å². The van der Waals surface area contributed by atoms with Gasteiger partial charge in [-0.05, 0) is 29.5 Å². The van der Waals surface area contributed by atoms with Crippen molar-refractivity contribution in [2.75, 3.05) is 13.1 Å². The second-order valence-electron chi connectivity index (χ2n) is 5.34. The molecule has 1 aliphatic heterocycles. The number of fused-ring (bicyclic) bond motifs is 1. The Morgan fingerprint density at radius 2 is 1.70 bits per heavy atom. The third-order valence-electron chi connectivity index (χ3n) is 4.15. The van der Waals surface area contributed by atoms with Gasteiger partial charge in [-0.2, -0.15) is 0 Å². The second kappa shape index (κ2) is 5.91. The maximum Gasteiger partial charge on any atom is 0.209 e. The lowest BCUT2D eigenvalue weighted by atomic mass is 9.84. The van der Waals surface area contributed by atoms with Gasteiger partial charge in [0, 0.05) is 19.0 Å². The van der Waals surface area contributed by atoms with Crippen LogP contribution in [0.3, 0.4) is 0 Å². The normalized spacial score (nSPS) is 18.8. The van der Waals surface area contributed by atoms with Crippen LogP contribution in [-0.2, 0) is 11.2 Å². The molecule has 2 nitrogen and oxygen atoms in total. The summed E-state index contributed by atoms with van der Waals surface area (Å²) in [4.78, 5) is 13.0. The number of amides is 1. The first-order valence-corrected chi connectivity index (χ1v) is 7.20. The average Bonchev–Trinajstić information content (AvgIpc) is 2.50. The summed E-state index contributed by atoms with van der Waals surface area (Å²) in [5.41, 5.74) is 4.13. The molecule has 1 atom stereocenters. The summed E-state index contributed by atoms with van der Waals surface area (Å²) in [5, 5.41) is 0. The van der Waals surface area contributed by atoms with Crippen LogP contribution in [-0.4, -0.2) is 24.4 Å². The third-order valence-corrected chi connectivity index (χ3v) is 4.15. The molecule has 0 aliphatic carbocycles. The Morgan fingerprint density at radius 3 is 2.50 bits per heavy atom. The highest BCUT2D eigenvalue weighted by molar-refractivity contribution is 5.48. The lowest BCUT2D eigenvalue weighted by molar-refractivity contribution is -0.118. The minimum atomic E-state index is 0.384. The molecule has 2 aromatic carbocycles. The van der Waals surface area contributed by atoms with Crippen molar-refractivity contribution in [1.29, 1.82) is 0 Å². The second-order valence-corrected chi connectivity index (χ2v) is 5.34. The number of hydrogen-bond acceptors (Lipinski definition) is 1. The van der Waals surface area contributed by atoms with E-state index >= 15 is 0 Å². The number of rotatable bonds is 2. The van der Waals surface area contributed by atoms with Crippen LogP contribution in [0.15, 0.2) is 54.6 Å². The van der Waals surface area contributed by atoms with E-state index in [1.165, 1.54) is 16.7 Å². The van der Waals surface area contributed by atoms with E-state index in [1.54, 1.807) is 0 Å². The van der Waals surface area contributed by atoms with E-state index in [0.29, 0.717) is 5.92 Å². The van der Waals surface area contributed by atoms with Gasteiger partial charge in [0.15, 0.2) is 0 Å². The van der Waals surface area contributed by atoms with Gasteiger partial charge in [0.05, 0.1) is 0 Å². The first kappa shape index (κ1) is 12.9. The topological polar surface area (TPSA) is 20.3 Å². The molecule has 0 radical (unpaired) electrons. The Bertz CT molecular complexity index is 579. The van der Waals surface area contributed by atoms with Crippen LogP contribution in [0.25, 0.3) is 0 Å². The van der Waals surface area contributed by atoms with Crippen LogP contribution in [0.2, 0.25) is 0 Å². The predicted molar refractivity (Wildman–Crippen MR) is 80.7 cm³/mol. The molecule has 1 amide bonds. The Balaban J connectivity index is 2.01. The van der Waals surface area contributed by atoms with Crippen LogP contribution in [0.4, 0.5) is 0 Å². The van der Waals surface area contributed by atoms with Gasteiger partial charge in [-0.1, -0.05) is 54.6 Å². The zero-order valence-corrected chi connectivity index (χ0v) is 11.5. The molecule has 0 spiro atoms. The van der Waals surface area contributed by atoms with Crippen molar-refractivity contribution in [1.82, 2.24) is 4.90 Å². The Labute approximate surface area is 120 Å². The standard InChI is InChI=1S/C18H19NO/c20-14-19-12-10-16-8-4-5-9-17(16)18(11-13-19)15-6-2-1-3-7-15/h1-9,14,18H,10-13H2. The van der Waals surface area contributed by atoms with Crippen LogP contribution < -0.4 is 0 Å². The largest absolute Gasteiger partial charge is 0.345 e. The zero-order valence-electron chi connectivity index (χ0n) is 11.5. The summed E-state index contributed by atoms with van der Waals surface area (Å²) in [6.45, 7) is 1.65. The van der Waals surface area contributed by atoms with Crippen molar-refractivity contribution in [2.45, 2.75) is 18.8 Å². The van der Waals surface area contributed by atoms with Gasteiger partial charge in [0.1, 0.15) is 0 Å². The minimum absolute atomic E-state index is 0.384. The highest BCUT2D eigenvalue weighted by atomic mass is 16.1. The first-order chi connectivity index (χ1) is 9.88. The predicted octanol–water partition coefficient (Wildman–Crippen LogP) is 3.22. The molecule has 20 heavy (non-hydrogen) atoms. The maximum absolute atomic E-state index is 11.1. The van der Waals surface area contributed by atoms with E-state index < -0.39 is 0 Å². The smallest absolute Gasteiger partial charge is 0.209 e. The maximum atomic E-state index is 11.1. The quantitative estimate of drug-likeness (QED) is 0.763. The molecule has 2 aromatic rings. The molecule has 2 heteroatoms. The summed E-state index contributed by atoms with van der Waals surface area (Å²) in [5.74, 6) is 0.384. The fraction of sp³-hybridized carbons (Fsp3) is 0.278. The molecular formula is C18H19NO. The lowest BCUT2D eigenvalue weighted by Gasteiger charge is -2.28. The van der Waals surface area contributed by atoms with Gasteiger partial charge < -0.3 is 4.90 Å². The summed E-state index contributed by atoms with van der Waals surface area (Å²) in [6.07, 6.45) is 2.91. The summed E-state index contributed by atoms with van der Waals surface area (Å²) >= 11 is 0. The third kappa shape index (κ3) is 2.60. The molecule has 3 rings (SSSR count). The number of nitrogens with zero attached hydrogens (tertiary/aromatic N) is 1. The molecule has 0 saturated carbocycles. The number of carbonyl (C=O) groups is 1. The van der Waals surface area contributed by atoms with Crippen LogP contribution in [0, 0.1) is 0 Å². The van der Waals surface area contributed by atoms with E-state index in [1.807, 2.05) is 4.90 Å². The fourth-order valence-electron chi connectivity index (χ4n) is 3.07. The minimum Gasteiger partial charge on any atom is -0.345 e. The zero-order chi connectivity index (χ0) is 13.8. The molecule has 0 bridgehead atoms. The molecule has 0 fully saturated rings. The van der Waals surface area contributed by atoms with Crippen molar-refractivity contribution in [3.05, 3.63) is 71.3 Å².